The second kappa shape index (κ2) is 7.67. The van der Waals surface area contributed by atoms with Gasteiger partial charge in [-0.15, -0.1) is 0 Å². The van der Waals surface area contributed by atoms with Gasteiger partial charge in [-0.25, -0.2) is 0 Å². The molecule has 1 aliphatic rings. The maximum absolute atomic E-state index is 12.1. The normalized spacial score (nSPS) is 18.3. The summed E-state index contributed by atoms with van der Waals surface area (Å²) in [6.07, 6.45) is 6.92. The van der Waals surface area contributed by atoms with E-state index in [9.17, 15) is 4.79 Å². The maximum atomic E-state index is 12.1. The van der Waals surface area contributed by atoms with E-state index < -0.39 is 0 Å². The van der Waals surface area contributed by atoms with Crippen molar-refractivity contribution >= 4 is 5.91 Å². The maximum Gasteiger partial charge on any atom is 0.222 e. The third kappa shape index (κ3) is 5.04. The van der Waals surface area contributed by atoms with Gasteiger partial charge in [0.05, 0.1) is 6.61 Å². The van der Waals surface area contributed by atoms with Crippen LogP contribution < -0.4 is 5.73 Å². The minimum atomic E-state index is 0.0650. The Labute approximate surface area is 104 Å². The van der Waals surface area contributed by atoms with Crippen LogP contribution in [0, 0.1) is 0 Å². The molecule has 0 radical (unpaired) electrons. The smallest absolute Gasteiger partial charge is 0.222 e. The van der Waals surface area contributed by atoms with Crippen LogP contribution in [0.4, 0.5) is 0 Å². The molecule has 1 atom stereocenters. The molecule has 4 heteroatoms. The Morgan fingerprint density at radius 1 is 1.47 bits per heavy atom. The number of carbonyl (C=O) groups is 1. The number of nitrogens with zero attached hydrogens (tertiary/aromatic N) is 1. The van der Waals surface area contributed by atoms with Crippen molar-refractivity contribution in [1.29, 1.82) is 0 Å². The van der Waals surface area contributed by atoms with Gasteiger partial charge in [-0.2, -0.15) is 0 Å². The highest BCUT2D eigenvalue weighted by atomic mass is 16.3. The Kier molecular flexibility index (Phi) is 6.52. The highest BCUT2D eigenvalue weighted by Crippen LogP contribution is 2.24. The first-order valence-electron chi connectivity index (χ1n) is 6.81. The van der Waals surface area contributed by atoms with E-state index in [1.807, 2.05) is 11.8 Å². The van der Waals surface area contributed by atoms with Gasteiger partial charge >= 0.3 is 0 Å². The Morgan fingerprint density at radius 2 is 2.12 bits per heavy atom. The second-order valence-corrected chi connectivity index (χ2v) is 5.12. The number of hydrogen-bond donors (Lipinski definition) is 2. The van der Waals surface area contributed by atoms with Crippen LogP contribution in [0.5, 0.6) is 0 Å². The molecular formula is C13H26N2O2. The zero-order chi connectivity index (χ0) is 12.7. The zero-order valence-electron chi connectivity index (χ0n) is 10.9. The molecule has 1 fully saturated rings. The van der Waals surface area contributed by atoms with Gasteiger partial charge in [0.15, 0.2) is 0 Å². The minimum absolute atomic E-state index is 0.0650. The highest BCUT2D eigenvalue weighted by Gasteiger charge is 2.25. The highest BCUT2D eigenvalue weighted by molar-refractivity contribution is 5.76. The van der Waals surface area contributed by atoms with E-state index in [0.717, 1.165) is 25.7 Å². The van der Waals surface area contributed by atoms with Gasteiger partial charge in [0.25, 0.3) is 0 Å². The number of carbonyl (C=O) groups excluding carboxylic acids is 1. The molecule has 1 unspecified atom stereocenters. The van der Waals surface area contributed by atoms with Gasteiger partial charge in [-0.05, 0) is 32.6 Å². The van der Waals surface area contributed by atoms with Crippen LogP contribution in [0.2, 0.25) is 0 Å². The number of aliphatic hydroxyl groups excluding tert-OH is 1. The van der Waals surface area contributed by atoms with E-state index in [-0.39, 0.29) is 18.6 Å². The summed E-state index contributed by atoms with van der Waals surface area (Å²) in [5.74, 6) is 0.187. The van der Waals surface area contributed by atoms with Crippen LogP contribution in [0.25, 0.3) is 0 Å². The molecule has 0 aromatic carbocycles. The summed E-state index contributed by atoms with van der Waals surface area (Å²) in [6.45, 7) is 2.52. The predicted octanol–water partition coefficient (Wildman–Crippen LogP) is 1.27. The van der Waals surface area contributed by atoms with Gasteiger partial charge in [-0.1, -0.05) is 12.8 Å². The number of aliphatic hydroxyl groups is 1. The van der Waals surface area contributed by atoms with E-state index in [1.54, 1.807) is 0 Å². The second-order valence-electron chi connectivity index (χ2n) is 5.12. The number of nitrogens with two attached hydrogens (primary N) is 1. The molecule has 0 aromatic rings. The van der Waals surface area contributed by atoms with E-state index in [0.29, 0.717) is 19.0 Å². The van der Waals surface area contributed by atoms with E-state index in [4.69, 9.17) is 10.8 Å². The van der Waals surface area contributed by atoms with Gasteiger partial charge in [0.1, 0.15) is 0 Å². The third-order valence-electron chi connectivity index (χ3n) is 3.48. The molecule has 100 valence electrons. The van der Waals surface area contributed by atoms with Crippen molar-refractivity contribution in [3.05, 3.63) is 0 Å². The summed E-state index contributed by atoms with van der Waals surface area (Å²) >= 11 is 0. The topological polar surface area (TPSA) is 66.6 Å². The van der Waals surface area contributed by atoms with E-state index >= 15 is 0 Å². The van der Waals surface area contributed by atoms with Crippen molar-refractivity contribution < 1.29 is 9.90 Å². The summed E-state index contributed by atoms with van der Waals surface area (Å²) in [5.41, 5.74) is 5.67. The average molecular weight is 242 g/mol. The molecule has 3 N–H and O–H groups in total. The zero-order valence-corrected chi connectivity index (χ0v) is 10.9. The molecule has 1 amide bonds. The molecule has 1 aliphatic carbocycles. The summed E-state index contributed by atoms with van der Waals surface area (Å²) < 4.78 is 0. The van der Waals surface area contributed by atoms with Gasteiger partial charge in [-0.3, -0.25) is 4.79 Å². The fourth-order valence-electron chi connectivity index (χ4n) is 2.55. The molecule has 0 heterocycles. The lowest BCUT2D eigenvalue weighted by atomic mass is 10.1. The summed E-state index contributed by atoms with van der Waals surface area (Å²) in [6, 6.07) is 0.533. The Balaban J connectivity index is 2.37. The van der Waals surface area contributed by atoms with Crippen molar-refractivity contribution in [3.63, 3.8) is 0 Å². The molecule has 0 saturated heterocycles. The third-order valence-corrected chi connectivity index (χ3v) is 3.48. The van der Waals surface area contributed by atoms with Crippen LogP contribution in [0.3, 0.4) is 0 Å². The van der Waals surface area contributed by atoms with Crippen molar-refractivity contribution in [3.8, 4) is 0 Å². The van der Waals surface area contributed by atoms with Gasteiger partial charge < -0.3 is 15.7 Å². The molecule has 17 heavy (non-hydrogen) atoms. The lowest BCUT2D eigenvalue weighted by Gasteiger charge is -2.28. The summed E-state index contributed by atoms with van der Waals surface area (Å²) in [5, 5.41) is 9.05. The lowest BCUT2D eigenvalue weighted by molar-refractivity contribution is -0.134. The van der Waals surface area contributed by atoms with Crippen LogP contribution in [0.15, 0.2) is 0 Å². The predicted molar refractivity (Wildman–Crippen MR) is 68.6 cm³/mol. The first-order chi connectivity index (χ1) is 8.15. The fraction of sp³-hybridized carbons (Fsp3) is 0.923. The number of rotatable bonds is 7. The molecule has 0 aliphatic heterocycles. The minimum Gasteiger partial charge on any atom is -0.395 e. The van der Waals surface area contributed by atoms with Crippen LogP contribution in [-0.4, -0.2) is 41.1 Å². The summed E-state index contributed by atoms with van der Waals surface area (Å²) in [4.78, 5) is 14.0. The van der Waals surface area contributed by atoms with E-state index in [1.165, 1.54) is 12.8 Å². The van der Waals surface area contributed by atoms with Crippen LogP contribution >= 0.6 is 0 Å². The summed E-state index contributed by atoms with van der Waals surface area (Å²) in [7, 11) is 0. The largest absolute Gasteiger partial charge is 0.395 e. The first-order valence-corrected chi connectivity index (χ1v) is 6.81. The molecule has 0 bridgehead atoms. The molecule has 4 nitrogen and oxygen atoms in total. The fourth-order valence-corrected chi connectivity index (χ4v) is 2.55. The Bertz CT molecular complexity index is 225. The van der Waals surface area contributed by atoms with Crippen molar-refractivity contribution in [2.45, 2.75) is 64.0 Å². The lowest BCUT2D eigenvalue weighted by Crippen LogP contribution is -2.40. The number of amides is 1. The monoisotopic (exact) mass is 242 g/mol. The van der Waals surface area contributed by atoms with Crippen molar-refractivity contribution in [2.75, 3.05) is 13.2 Å². The van der Waals surface area contributed by atoms with Gasteiger partial charge in [0.2, 0.25) is 5.91 Å². The molecule has 0 aromatic heterocycles. The van der Waals surface area contributed by atoms with E-state index in [2.05, 4.69) is 0 Å². The van der Waals surface area contributed by atoms with Gasteiger partial charge in [0, 0.05) is 25.0 Å². The molecular weight excluding hydrogens is 216 g/mol. The Morgan fingerprint density at radius 3 is 2.65 bits per heavy atom. The van der Waals surface area contributed by atoms with Crippen molar-refractivity contribution in [1.82, 2.24) is 4.90 Å². The quantitative estimate of drug-likeness (QED) is 0.706. The Hall–Kier alpha value is -0.610. The standard InChI is InChI=1S/C13H26N2O2/c1-11(14)5-4-8-13(17)15(9-10-16)12-6-2-3-7-12/h11-12,16H,2-10,14H2,1H3. The van der Waals surface area contributed by atoms with Crippen LogP contribution in [-0.2, 0) is 4.79 Å². The molecule has 0 spiro atoms. The molecule has 1 saturated carbocycles. The average Bonchev–Trinajstić information content (AvgIpc) is 2.78. The molecule has 1 rings (SSSR count). The first kappa shape index (κ1) is 14.5. The SMILES string of the molecule is CC(N)CCCC(=O)N(CCO)C1CCCC1. The van der Waals surface area contributed by atoms with Crippen LogP contribution in [0.1, 0.15) is 51.9 Å². The van der Waals surface area contributed by atoms with Crippen molar-refractivity contribution in [2.24, 2.45) is 5.73 Å². The number of hydrogen-bond acceptors (Lipinski definition) is 3.